The highest BCUT2D eigenvalue weighted by Crippen LogP contribution is 2.14. The summed E-state index contributed by atoms with van der Waals surface area (Å²) in [6, 6.07) is 2.12. The van der Waals surface area contributed by atoms with Crippen molar-refractivity contribution in [3.63, 3.8) is 0 Å². The van der Waals surface area contributed by atoms with Gasteiger partial charge >= 0.3 is 0 Å². The maximum Gasteiger partial charge on any atom is 0.191 e. The zero-order valence-corrected chi connectivity index (χ0v) is 15.1. The highest BCUT2D eigenvalue weighted by atomic mass is 15.3. The van der Waals surface area contributed by atoms with Crippen molar-refractivity contribution < 1.29 is 0 Å². The Morgan fingerprint density at radius 1 is 1.39 bits per heavy atom. The van der Waals surface area contributed by atoms with Crippen LogP contribution in [0.5, 0.6) is 0 Å². The van der Waals surface area contributed by atoms with Crippen molar-refractivity contribution in [2.75, 3.05) is 39.8 Å². The lowest BCUT2D eigenvalue weighted by Crippen LogP contribution is -2.38. The monoisotopic (exact) mass is 320 g/mol. The third-order valence-corrected chi connectivity index (χ3v) is 4.28. The molecule has 1 aliphatic rings. The molecule has 23 heavy (non-hydrogen) atoms. The largest absolute Gasteiger partial charge is 0.357 e. The number of nitrogens with one attached hydrogen (secondary N) is 2. The van der Waals surface area contributed by atoms with Gasteiger partial charge in [0.1, 0.15) is 0 Å². The van der Waals surface area contributed by atoms with Crippen molar-refractivity contribution >= 4 is 5.96 Å². The number of aryl methyl sites for hydroxylation is 3. The van der Waals surface area contributed by atoms with Gasteiger partial charge in [0.2, 0.25) is 0 Å². The van der Waals surface area contributed by atoms with Crippen LogP contribution in [-0.4, -0.2) is 60.4 Å². The van der Waals surface area contributed by atoms with Gasteiger partial charge in [-0.1, -0.05) is 0 Å². The fourth-order valence-electron chi connectivity index (χ4n) is 3.07. The molecule has 0 aromatic carbocycles. The fraction of sp³-hybridized carbons (Fsp3) is 0.765. The average molecular weight is 320 g/mol. The van der Waals surface area contributed by atoms with Crippen molar-refractivity contribution in [1.82, 2.24) is 25.3 Å². The van der Waals surface area contributed by atoms with E-state index in [0.717, 1.165) is 44.3 Å². The van der Waals surface area contributed by atoms with Crippen LogP contribution >= 0.6 is 0 Å². The molecule has 1 aliphatic heterocycles. The number of aromatic nitrogens is 2. The smallest absolute Gasteiger partial charge is 0.191 e. The lowest BCUT2D eigenvalue weighted by molar-refractivity contribution is 0.397. The molecule has 2 heterocycles. The van der Waals surface area contributed by atoms with Gasteiger partial charge in [0, 0.05) is 38.4 Å². The summed E-state index contributed by atoms with van der Waals surface area (Å²) in [6.45, 7) is 12.3. The first kappa shape index (κ1) is 17.8. The molecule has 1 saturated heterocycles. The van der Waals surface area contributed by atoms with Crippen LogP contribution in [0.3, 0.4) is 0 Å². The number of rotatable bonds is 7. The molecule has 2 N–H and O–H groups in total. The molecule has 0 bridgehead atoms. The van der Waals surface area contributed by atoms with Crippen LogP contribution in [0, 0.1) is 19.8 Å². The highest BCUT2D eigenvalue weighted by molar-refractivity contribution is 5.79. The summed E-state index contributed by atoms with van der Waals surface area (Å²) in [5.41, 5.74) is 2.32. The second-order valence-corrected chi connectivity index (χ2v) is 6.57. The molecule has 2 rings (SSSR count). The van der Waals surface area contributed by atoms with E-state index in [1.54, 1.807) is 0 Å². The number of aliphatic imine (C=N–C) groups is 1. The summed E-state index contributed by atoms with van der Waals surface area (Å²) >= 11 is 0. The van der Waals surface area contributed by atoms with E-state index in [9.17, 15) is 0 Å². The Bertz CT molecular complexity index is 507. The van der Waals surface area contributed by atoms with Crippen LogP contribution in [-0.2, 0) is 6.54 Å². The van der Waals surface area contributed by atoms with Gasteiger partial charge in [-0.3, -0.25) is 9.67 Å². The first-order valence-corrected chi connectivity index (χ1v) is 8.80. The molecule has 0 aliphatic carbocycles. The SMILES string of the molecule is CCNC(=NCC1CCN(C)C1)NCCCn1nc(C)cc1C. The molecule has 6 heteroatoms. The molecule has 6 nitrogen and oxygen atoms in total. The molecule has 0 amide bonds. The summed E-state index contributed by atoms with van der Waals surface area (Å²) in [4.78, 5) is 7.13. The molecule has 1 aromatic heterocycles. The van der Waals surface area contributed by atoms with Gasteiger partial charge in [-0.15, -0.1) is 0 Å². The van der Waals surface area contributed by atoms with Gasteiger partial charge in [-0.25, -0.2) is 0 Å². The topological polar surface area (TPSA) is 57.5 Å². The van der Waals surface area contributed by atoms with E-state index in [4.69, 9.17) is 4.99 Å². The highest BCUT2D eigenvalue weighted by Gasteiger charge is 2.18. The van der Waals surface area contributed by atoms with E-state index in [1.807, 2.05) is 6.92 Å². The van der Waals surface area contributed by atoms with E-state index >= 15 is 0 Å². The normalized spacial score (nSPS) is 19.3. The predicted octanol–water partition coefficient (Wildman–Crippen LogP) is 1.40. The van der Waals surface area contributed by atoms with Crippen molar-refractivity contribution in [2.24, 2.45) is 10.9 Å². The summed E-state index contributed by atoms with van der Waals surface area (Å²) < 4.78 is 2.08. The summed E-state index contributed by atoms with van der Waals surface area (Å²) in [7, 11) is 2.19. The van der Waals surface area contributed by atoms with Gasteiger partial charge < -0.3 is 15.5 Å². The van der Waals surface area contributed by atoms with E-state index < -0.39 is 0 Å². The van der Waals surface area contributed by atoms with Crippen LogP contribution in [0.2, 0.25) is 0 Å². The van der Waals surface area contributed by atoms with Crippen LogP contribution in [0.25, 0.3) is 0 Å². The van der Waals surface area contributed by atoms with E-state index in [-0.39, 0.29) is 0 Å². The van der Waals surface area contributed by atoms with Crippen LogP contribution in [0.15, 0.2) is 11.1 Å². The van der Waals surface area contributed by atoms with Crippen molar-refractivity contribution in [2.45, 2.75) is 40.2 Å². The summed E-state index contributed by atoms with van der Waals surface area (Å²) in [5, 5.41) is 11.3. The molecule has 0 spiro atoms. The number of hydrogen-bond acceptors (Lipinski definition) is 3. The van der Waals surface area contributed by atoms with Crippen LogP contribution < -0.4 is 10.6 Å². The molecule has 1 aromatic rings. The predicted molar refractivity (Wildman–Crippen MR) is 95.9 cm³/mol. The van der Waals surface area contributed by atoms with E-state index in [1.165, 1.54) is 25.2 Å². The minimum absolute atomic E-state index is 0.699. The molecule has 0 saturated carbocycles. The molecule has 130 valence electrons. The second kappa shape index (κ2) is 8.91. The summed E-state index contributed by atoms with van der Waals surface area (Å²) in [6.07, 6.45) is 2.30. The van der Waals surface area contributed by atoms with E-state index in [0.29, 0.717) is 5.92 Å². The Balaban J connectivity index is 1.72. The average Bonchev–Trinajstić information content (AvgIpc) is 3.06. The third-order valence-electron chi connectivity index (χ3n) is 4.28. The van der Waals surface area contributed by atoms with Crippen molar-refractivity contribution in [3.05, 3.63) is 17.5 Å². The lowest BCUT2D eigenvalue weighted by atomic mass is 10.1. The number of hydrogen-bond donors (Lipinski definition) is 2. The third kappa shape index (κ3) is 5.86. The standard InChI is InChI=1S/C17H32N6/c1-5-18-17(20-12-16-7-10-22(4)13-16)19-8-6-9-23-15(3)11-14(2)21-23/h11,16H,5-10,12-13H2,1-4H3,(H2,18,19,20). The lowest BCUT2D eigenvalue weighted by Gasteiger charge is -2.13. The first-order chi connectivity index (χ1) is 11.1. The number of likely N-dealkylation sites (tertiary alicyclic amines) is 1. The first-order valence-electron chi connectivity index (χ1n) is 8.80. The Morgan fingerprint density at radius 3 is 2.83 bits per heavy atom. The Hall–Kier alpha value is -1.56. The Labute approximate surface area is 140 Å². The second-order valence-electron chi connectivity index (χ2n) is 6.57. The van der Waals surface area contributed by atoms with Gasteiger partial charge in [0.25, 0.3) is 0 Å². The molecule has 1 atom stereocenters. The quantitative estimate of drug-likeness (QED) is 0.453. The van der Waals surface area contributed by atoms with Gasteiger partial charge in [0.05, 0.1) is 5.69 Å². The fourth-order valence-corrected chi connectivity index (χ4v) is 3.07. The minimum atomic E-state index is 0.699. The molecule has 1 fully saturated rings. The maximum absolute atomic E-state index is 4.74. The Kier molecular flexibility index (Phi) is 6.89. The molecule has 0 radical (unpaired) electrons. The number of guanidine groups is 1. The Morgan fingerprint density at radius 2 is 2.22 bits per heavy atom. The van der Waals surface area contributed by atoms with E-state index in [2.05, 4.69) is 52.3 Å². The molecule has 1 unspecified atom stereocenters. The molecular formula is C17H32N6. The zero-order valence-electron chi connectivity index (χ0n) is 15.1. The van der Waals surface area contributed by atoms with Crippen molar-refractivity contribution in [1.29, 1.82) is 0 Å². The van der Waals surface area contributed by atoms with Crippen LogP contribution in [0.4, 0.5) is 0 Å². The van der Waals surface area contributed by atoms with Gasteiger partial charge in [-0.05, 0) is 59.2 Å². The molecular weight excluding hydrogens is 288 g/mol. The van der Waals surface area contributed by atoms with Gasteiger partial charge in [0.15, 0.2) is 5.96 Å². The number of nitrogens with zero attached hydrogens (tertiary/aromatic N) is 4. The maximum atomic E-state index is 4.74. The zero-order chi connectivity index (χ0) is 16.7. The van der Waals surface area contributed by atoms with Crippen LogP contribution in [0.1, 0.15) is 31.2 Å². The van der Waals surface area contributed by atoms with Gasteiger partial charge in [-0.2, -0.15) is 5.10 Å². The summed E-state index contributed by atoms with van der Waals surface area (Å²) in [5.74, 6) is 1.64. The van der Waals surface area contributed by atoms with Crippen molar-refractivity contribution in [3.8, 4) is 0 Å². The minimum Gasteiger partial charge on any atom is -0.357 e.